The van der Waals surface area contributed by atoms with Crippen LogP contribution in [-0.2, 0) is 11.0 Å². The van der Waals surface area contributed by atoms with Gasteiger partial charge in [-0.1, -0.05) is 19.1 Å². The number of aliphatic carboxylic acids is 1. The first-order valence-electron chi connectivity index (χ1n) is 8.03. The summed E-state index contributed by atoms with van der Waals surface area (Å²) in [7, 11) is 0. The summed E-state index contributed by atoms with van der Waals surface area (Å²) in [6.45, 7) is 4.14. The second kappa shape index (κ2) is 7.33. The number of halogens is 3. The average molecular weight is 358 g/mol. The average Bonchev–Trinajstić information content (AvgIpc) is 2.53. The SMILES string of the molecule is CC1CC(C(=O)O)CN(C(=O)N[C@@H](C)c2ccc(C(F)(F)F)cc2)C1. The fourth-order valence-electron chi connectivity index (χ4n) is 3.02. The third kappa shape index (κ3) is 4.87. The number of carboxylic acid groups (broad SMARTS) is 1. The number of carboxylic acids is 1. The fraction of sp³-hybridized carbons (Fsp3) is 0.529. The second-order valence-electron chi connectivity index (χ2n) is 6.57. The van der Waals surface area contributed by atoms with Crippen molar-refractivity contribution in [1.82, 2.24) is 10.2 Å². The predicted molar refractivity (Wildman–Crippen MR) is 84.9 cm³/mol. The van der Waals surface area contributed by atoms with E-state index in [1.54, 1.807) is 6.92 Å². The van der Waals surface area contributed by atoms with E-state index in [2.05, 4.69) is 5.32 Å². The number of carbonyl (C=O) groups excluding carboxylic acids is 1. The molecule has 1 aliphatic heterocycles. The van der Waals surface area contributed by atoms with Gasteiger partial charge in [-0.3, -0.25) is 4.79 Å². The highest BCUT2D eigenvalue weighted by Gasteiger charge is 2.33. The molecule has 8 heteroatoms. The Bertz CT molecular complexity index is 631. The van der Waals surface area contributed by atoms with Gasteiger partial charge in [0.2, 0.25) is 0 Å². The van der Waals surface area contributed by atoms with Gasteiger partial charge in [0, 0.05) is 13.1 Å². The van der Waals surface area contributed by atoms with E-state index < -0.39 is 35.7 Å². The van der Waals surface area contributed by atoms with Gasteiger partial charge in [-0.2, -0.15) is 13.2 Å². The first-order valence-corrected chi connectivity index (χ1v) is 8.03. The number of hydrogen-bond donors (Lipinski definition) is 2. The quantitative estimate of drug-likeness (QED) is 0.869. The van der Waals surface area contributed by atoms with Crippen LogP contribution in [0.3, 0.4) is 0 Å². The monoisotopic (exact) mass is 358 g/mol. The molecule has 1 heterocycles. The Hall–Kier alpha value is -2.25. The summed E-state index contributed by atoms with van der Waals surface area (Å²) in [5, 5.41) is 11.9. The summed E-state index contributed by atoms with van der Waals surface area (Å²) >= 11 is 0. The Balaban J connectivity index is 2.00. The maximum atomic E-state index is 12.6. The van der Waals surface area contributed by atoms with E-state index in [0.29, 0.717) is 18.5 Å². The highest BCUT2D eigenvalue weighted by Crippen LogP contribution is 2.30. The van der Waals surface area contributed by atoms with Crippen molar-refractivity contribution in [3.63, 3.8) is 0 Å². The van der Waals surface area contributed by atoms with Crippen molar-refractivity contribution in [2.75, 3.05) is 13.1 Å². The molecule has 0 radical (unpaired) electrons. The molecule has 2 N–H and O–H groups in total. The fourth-order valence-corrected chi connectivity index (χ4v) is 3.02. The molecule has 0 spiro atoms. The molecule has 5 nitrogen and oxygen atoms in total. The third-order valence-electron chi connectivity index (χ3n) is 4.37. The Kier molecular flexibility index (Phi) is 5.59. The first kappa shape index (κ1) is 19.1. The number of alkyl halides is 3. The predicted octanol–water partition coefficient (Wildman–Crippen LogP) is 3.52. The van der Waals surface area contributed by atoms with E-state index in [0.717, 1.165) is 12.1 Å². The Morgan fingerprint density at radius 1 is 1.24 bits per heavy atom. The van der Waals surface area contributed by atoms with E-state index in [4.69, 9.17) is 5.11 Å². The highest BCUT2D eigenvalue weighted by atomic mass is 19.4. The van der Waals surface area contributed by atoms with Crippen LogP contribution >= 0.6 is 0 Å². The standard InChI is InChI=1S/C17H21F3N2O3/c1-10-7-13(15(23)24)9-22(8-10)16(25)21-11(2)12-3-5-14(6-4-12)17(18,19)20/h3-6,10-11,13H,7-9H2,1-2H3,(H,21,25)(H,23,24)/t10?,11-,13?/m0/s1. The zero-order valence-corrected chi connectivity index (χ0v) is 14.0. The molecular weight excluding hydrogens is 337 g/mol. The lowest BCUT2D eigenvalue weighted by molar-refractivity contribution is -0.143. The number of piperidine rings is 1. The van der Waals surface area contributed by atoms with Crippen molar-refractivity contribution in [3.05, 3.63) is 35.4 Å². The van der Waals surface area contributed by atoms with Gasteiger partial charge in [-0.25, -0.2) is 4.79 Å². The normalized spacial score (nSPS) is 22.4. The molecule has 0 bridgehead atoms. The minimum Gasteiger partial charge on any atom is -0.481 e. The van der Waals surface area contributed by atoms with Crippen LogP contribution < -0.4 is 5.32 Å². The van der Waals surface area contributed by atoms with E-state index in [9.17, 15) is 22.8 Å². The lowest BCUT2D eigenvalue weighted by Crippen LogP contribution is -2.49. The van der Waals surface area contributed by atoms with E-state index in [1.807, 2.05) is 6.92 Å². The van der Waals surface area contributed by atoms with Gasteiger partial charge in [0.25, 0.3) is 0 Å². The number of amides is 2. The highest BCUT2D eigenvalue weighted by molar-refractivity contribution is 5.77. The van der Waals surface area contributed by atoms with E-state index in [-0.39, 0.29) is 12.5 Å². The Labute approximate surface area is 143 Å². The van der Waals surface area contributed by atoms with Gasteiger partial charge in [-0.05, 0) is 37.0 Å². The molecule has 2 rings (SSSR count). The molecule has 0 aliphatic carbocycles. The van der Waals surface area contributed by atoms with Gasteiger partial charge >= 0.3 is 18.2 Å². The number of likely N-dealkylation sites (tertiary alicyclic amines) is 1. The van der Waals surface area contributed by atoms with Crippen LogP contribution in [0, 0.1) is 11.8 Å². The smallest absolute Gasteiger partial charge is 0.416 e. The molecule has 0 aromatic heterocycles. The molecule has 1 aromatic rings. The maximum absolute atomic E-state index is 12.6. The van der Waals surface area contributed by atoms with Crippen LogP contribution in [0.25, 0.3) is 0 Å². The molecule has 3 atom stereocenters. The molecule has 0 saturated carbocycles. The number of nitrogens with one attached hydrogen (secondary N) is 1. The second-order valence-corrected chi connectivity index (χ2v) is 6.57. The van der Waals surface area contributed by atoms with Crippen LogP contribution in [0.2, 0.25) is 0 Å². The van der Waals surface area contributed by atoms with Gasteiger partial charge in [0.1, 0.15) is 0 Å². The van der Waals surface area contributed by atoms with Crippen LogP contribution in [-0.4, -0.2) is 35.1 Å². The number of rotatable bonds is 3. The number of benzene rings is 1. The first-order chi connectivity index (χ1) is 11.6. The number of nitrogens with zero attached hydrogens (tertiary/aromatic N) is 1. The molecule has 25 heavy (non-hydrogen) atoms. The molecule has 1 saturated heterocycles. The van der Waals surface area contributed by atoms with Crippen molar-refractivity contribution in [2.45, 2.75) is 32.5 Å². The summed E-state index contributed by atoms with van der Waals surface area (Å²) < 4.78 is 37.8. The summed E-state index contributed by atoms with van der Waals surface area (Å²) in [6, 6.07) is 3.70. The molecule has 2 unspecified atom stereocenters. The minimum atomic E-state index is -4.40. The van der Waals surface area contributed by atoms with Crippen LogP contribution in [0.15, 0.2) is 24.3 Å². The summed E-state index contributed by atoms with van der Waals surface area (Å²) in [4.78, 5) is 25.0. The van der Waals surface area contributed by atoms with Gasteiger partial charge < -0.3 is 15.3 Å². The number of urea groups is 1. The zero-order chi connectivity index (χ0) is 18.8. The van der Waals surface area contributed by atoms with Gasteiger partial charge in [0.15, 0.2) is 0 Å². The number of hydrogen-bond acceptors (Lipinski definition) is 2. The largest absolute Gasteiger partial charge is 0.481 e. The topological polar surface area (TPSA) is 69.6 Å². The zero-order valence-electron chi connectivity index (χ0n) is 14.0. The molecular formula is C17H21F3N2O3. The van der Waals surface area contributed by atoms with Crippen LogP contribution in [0.5, 0.6) is 0 Å². The minimum absolute atomic E-state index is 0.0713. The third-order valence-corrected chi connectivity index (χ3v) is 4.37. The molecule has 1 fully saturated rings. The van der Waals surface area contributed by atoms with E-state index in [1.165, 1.54) is 17.0 Å². The summed E-state index contributed by atoms with van der Waals surface area (Å²) in [6.07, 6.45) is -3.88. The van der Waals surface area contributed by atoms with Gasteiger partial charge in [-0.15, -0.1) is 0 Å². The molecule has 1 aromatic carbocycles. The van der Waals surface area contributed by atoms with Crippen molar-refractivity contribution >= 4 is 12.0 Å². The Morgan fingerprint density at radius 3 is 2.36 bits per heavy atom. The molecule has 2 amide bonds. The van der Waals surface area contributed by atoms with Gasteiger partial charge in [0.05, 0.1) is 17.5 Å². The Morgan fingerprint density at radius 2 is 1.84 bits per heavy atom. The number of carbonyl (C=O) groups is 2. The molecule has 138 valence electrons. The lowest BCUT2D eigenvalue weighted by atomic mass is 9.91. The maximum Gasteiger partial charge on any atom is 0.416 e. The summed E-state index contributed by atoms with van der Waals surface area (Å²) in [5.41, 5.74) is -0.204. The van der Waals surface area contributed by atoms with Crippen molar-refractivity contribution in [2.24, 2.45) is 11.8 Å². The van der Waals surface area contributed by atoms with E-state index >= 15 is 0 Å². The van der Waals surface area contributed by atoms with Crippen molar-refractivity contribution in [1.29, 1.82) is 0 Å². The van der Waals surface area contributed by atoms with Crippen LogP contribution in [0.1, 0.15) is 37.4 Å². The van der Waals surface area contributed by atoms with Crippen molar-refractivity contribution in [3.8, 4) is 0 Å². The molecule has 1 aliphatic rings. The lowest BCUT2D eigenvalue weighted by Gasteiger charge is -2.35. The summed E-state index contributed by atoms with van der Waals surface area (Å²) in [5.74, 6) is -1.46. The van der Waals surface area contributed by atoms with Crippen molar-refractivity contribution < 1.29 is 27.9 Å². The van der Waals surface area contributed by atoms with Crippen LogP contribution in [0.4, 0.5) is 18.0 Å².